The van der Waals surface area contributed by atoms with Crippen LogP contribution in [0, 0.1) is 5.82 Å². The minimum Gasteiger partial charge on any atom is -0.361 e. The SMILES string of the molecule is CCc1cccc2c(C(CC(=O)NCCN3CCCC3)c3ccc(F)cc3)c[nH]c12. The molecule has 0 aliphatic carbocycles. The van der Waals surface area contributed by atoms with Crippen molar-refractivity contribution < 1.29 is 9.18 Å². The van der Waals surface area contributed by atoms with Crippen LogP contribution in [-0.4, -0.2) is 42.0 Å². The van der Waals surface area contributed by atoms with Crippen molar-refractivity contribution in [2.45, 2.75) is 38.5 Å². The molecule has 0 bridgehead atoms. The van der Waals surface area contributed by atoms with Gasteiger partial charge >= 0.3 is 0 Å². The molecule has 2 N–H and O–H groups in total. The molecule has 0 radical (unpaired) electrons. The molecule has 1 amide bonds. The molecule has 158 valence electrons. The Bertz CT molecular complexity index is 989. The van der Waals surface area contributed by atoms with E-state index in [1.165, 1.54) is 30.5 Å². The van der Waals surface area contributed by atoms with Gasteiger partial charge in [-0.2, -0.15) is 0 Å². The highest BCUT2D eigenvalue weighted by molar-refractivity contribution is 5.88. The molecule has 1 fully saturated rings. The topological polar surface area (TPSA) is 48.1 Å². The normalized spacial score (nSPS) is 15.5. The maximum absolute atomic E-state index is 13.5. The minimum absolute atomic E-state index is 0.0320. The molecule has 2 aromatic carbocycles. The quantitative estimate of drug-likeness (QED) is 0.573. The van der Waals surface area contributed by atoms with Gasteiger partial charge in [0.25, 0.3) is 0 Å². The number of hydrogen-bond donors (Lipinski definition) is 2. The van der Waals surface area contributed by atoms with Gasteiger partial charge in [-0.05, 0) is 61.2 Å². The third kappa shape index (κ3) is 4.57. The third-order valence-corrected chi connectivity index (χ3v) is 6.20. The summed E-state index contributed by atoms with van der Waals surface area (Å²) in [5.74, 6) is -0.359. The Balaban J connectivity index is 1.56. The Morgan fingerprint density at radius 2 is 1.93 bits per heavy atom. The van der Waals surface area contributed by atoms with Gasteiger partial charge in [-0.25, -0.2) is 4.39 Å². The van der Waals surface area contributed by atoms with Crippen molar-refractivity contribution in [3.8, 4) is 0 Å². The Labute approximate surface area is 177 Å². The van der Waals surface area contributed by atoms with E-state index in [9.17, 15) is 9.18 Å². The van der Waals surface area contributed by atoms with E-state index in [0.29, 0.717) is 13.0 Å². The van der Waals surface area contributed by atoms with Crippen LogP contribution in [0.5, 0.6) is 0 Å². The summed E-state index contributed by atoms with van der Waals surface area (Å²) >= 11 is 0. The maximum atomic E-state index is 13.5. The van der Waals surface area contributed by atoms with E-state index < -0.39 is 0 Å². The summed E-state index contributed by atoms with van der Waals surface area (Å²) in [5, 5.41) is 4.22. The Morgan fingerprint density at radius 3 is 2.67 bits per heavy atom. The summed E-state index contributed by atoms with van der Waals surface area (Å²) < 4.78 is 13.5. The zero-order valence-corrected chi connectivity index (χ0v) is 17.6. The number of para-hydroxylation sites is 1. The standard InChI is InChI=1S/C25H30FN3O/c1-2-18-6-5-7-21-23(17-28-25(18)21)22(19-8-10-20(26)11-9-19)16-24(30)27-12-15-29-13-3-4-14-29/h5-11,17,22,28H,2-4,12-16H2,1H3,(H,27,30). The molecule has 0 saturated carbocycles. The number of halogens is 1. The molecule has 1 saturated heterocycles. The van der Waals surface area contributed by atoms with E-state index in [0.717, 1.165) is 48.1 Å². The van der Waals surface area contributed by atoms with Crippen molar-refractivity contribution in [1.29, 1.82) is 0 Å². The second-order valence-corrected chi connectivity index (χ2v) is 8.14. The highest BCUT2D eigenvalue weighted by atomic mass is 19.1. The molecular weight excluding hydrogens is 377 g/mol. The first-order valence-electron chi connectivity index (χ1n) is 11.0. The van der Waals surface area contributed by atoms with Gasteiger partial charge in [0.2, 0.25) is 5.91 Å². The van der Waals surface area contributed by atoms with E-state index in [2.05, 4.69) is 40.3 Å². The summed E-state index contributed by atoms with van der Waals surface area (Å²) in [5.41, 5.74) is 4.42. The van der Waals surface area contributed by atoms with E-state index in [-0.39, 0.29) is 17.6 Å². The fraction of sp³-hybridized carbons (Fsp3) is 0.400. The van der Waals surface area contributed by atoms with Crippen molar-refractivity contribution in [3.05, 3.63) is 71.2 Å². The molecule has 1 unspecified atom stereocenters. The van der Waals surface area contributed by atoms with Crippen molar-refractivity contribution in [2.75, 3.05) is 26.2 Å². The number of benzene rings is 2. The van der Waals surface area contributed by atoms with E-state index in [4.69, 9.17) is 0 Å². The summed E-state index contributed by atoms with van der Waals surface area (Å²) in [4.78, 5) is 18.6. The Morgan fingerprint density at radius 1 is 1.17 bits per heavy atom. The van der Waals surface area contributed by atoms with Crippen LogP contribution in [0.2, 0.25) is 0 Å². The number of likely N-dealkylation sites (tertiary alicyclic amines) is 1. The summed E-state index contributed by atoms with van der Waals surface area (Å²) in [6.07, 6.45) is 5.79. The highest BCUT2D eigenvalue weighted by Crippen LogP contribution is 2.34. The average Bonchev–Trinajstić information content (AvgIpc) is 3.42. The van der Waals surface area contributed by atoms with Crippen molar-refractivity contribution >= 4 is 16.8 Å². The minimum atomic E-state index is -0.264. The number of fused-ring (bicyclic) bond motifs is 1. The van der Waals surface area contributed by atoms with E-state index >= 15 is 0 Å². The molecule has 0 spiro atoms. The molecule has 1 aromatic heterocycles. The van der Waals surface area contributed by atoms with Crippen LogP contribution in [0.1, 0.15) is 48.8 Å². The highest BCUT2D eigenvalue weighted by Gasteiger charge is 2.22. The van der Waals surface area contributed by atoms with Crippen LogP contribution in [-0.2, 0) is 11.2 Å². The molecule has 1 aliphatic heterocycles. The lowest BCUT2D eigenvalue weighted by molar-refractivity contribution is -0.121. The monoisotopic (exact) mass is 407 g/mol. The number of H-pyrrole nitrogens is 1. The first-order chi connectivity index (χ1) is 14.7. The number of aromatic nitrogens is 1. The smallest absolute Gasteiger partial charge is 0.220 e. The number of amides is 1. The van der Waals surface area contributed by atoms with Crippen LogP contribution >= 0.6 is 0 Å². The Hall–Kier alpha value is -2.66. The number of rotatable bonds is 8. The molecule has 4 rings (SSSR count). The molecule has 2 heterocycles. The van der Waals surface area contributed by atoms with E-state index in [1.807, 2.05) is 6.20 Å². The zero-order valence-electron chi connectivity index (χ0n) is 17.6. The van der Waals surface area contributed by atoms with Crippen LogP contribution in [0.3, 0.4) is 0 Å². The fourth-order valence-electron chi connectivity index (χ4n) is 4.54. The first-order valence-corrected chi connectivity index (χ1v) is 11.0. The number of aryl methyl sites for hydroxylation is 1. The van der Waals surface area contributed by atoms with Gasteiger partial charge in [0, 0.05) is 42.5 Å². The second-order valence-electron chi connectivity index (χ2n) is 8.14. The van der Waals surface area contributed by atoms with Crippen LogP contribution in [0.4, 0.5) is 4.39 Å². The van der Waals surface area contributed by atoms with Gasteiger partial charge < -0.3 is 15.2 Å². The lowest BCUT2D eigenvalue weighted by Gasteiger charge is -2.19. The van der Waals surface area contributed by atoms with Gasteiger partial charge in [-0.15, -0.1) is 0 Å². The average molecular weight is 408 g/mol. The molecular formula is C25H30FN3O. The second kappa shape index (κ2) is 9.43. The molecule has 5 heteroatoms. The van der Waals surface area contributed by atoms with E-state index in [1.54, 1.807) is 12.1 Å². The number of nitrogens with zero attached hydrogens (tertiary/aromatic N) is 1. The largest absolute Gasteiger partial charge is 0.361 e. The zero-order chi connectivity index (χ0) is 20.9. The van der Waals surface area contributed by atoms with Gasteiger partial charge in [-0.1, -0.05) is 37.3 Å². The lowest BCUT2D eigenvalue weighted by Crippen LogP contribution is -2.34. The molecule has 1 aliphatic rings. The first kappa shape index (κ1) is 20.6. The third-order valence-electron chi connectivity index (χ3n) is 6.20. The number of carbonyl (C=O) groups is 1. The van der Waals surface area contributed by atoms with Crippen molar-refractivity contribution in [3.63, 3.8) is 0 Å². The number of aromatic amines is 1. The van der Waals surface area contributed by atoms with Crippen molar-refractivity contribution in [2.24, 2.45) is 0 Å². The van der Waals surface area contributed by atoms with Gasteiger partial charge in [-0.3, -0.25) is 4.79 Å². The lowest BCUT2D eigenvalue weighted by atomic mass is 9.87. The summed E-state index contributed by atoms with van der Waals surface area (Å²) in [7, 11) is 0. The number of nitrogens with one attached hydrogen (secondary N) is 2. The molecule has 30 heavy (non-hydrogen) atoms. The summed E-state index contributed by atoms with van der Waals surface area (Å²) in [6, 6.07) is 12.8. The predicted molar refractivity (Wildman–Crippen MR) is 119 cm³/mol. The fourth-order valence-corrected chi connectivity index (χ4v) is 4.54. The van der Waals surface area contributed by atoms with Crippen LogP contribution in [0.15, 0.2) is 48.7 Å². The van der Waals surface area contributed by atoms with Crippen LogP contribution in [0.25, 0.3) is 10.9 Å². The van der Waals surface area contributed by atoms with Gasteiger partial charge in [0.1, 0.15) is 5.82 Å². The molecule has 3 aromatic rings. The molecule has 1 atom stereocenters. The molecule has 4 nitrogen and oxygen atoms in total. The predicted octanol–water partition coefficient (Wildman–Crippen LogP) is 4.60. The Kier molecular flexibility index (Phi) is 6.48. The number of carbonyl (C=O) groups excluding carboxylic acids is 1. The van der Waals surface area contributed by atoms with Crippen LogP contribution < -0.4 is 5.32 Å². The maximum Gasteiger partial charge on any atom is 0.220 e. The van der Waals surface area contributed by atoms with Crippen molar-refractivity contribution in [1.82, 2.24) is 15.2 Å². The van der Waals surface area contributed by atoms with Gasteiger partial charge in [0.15, 0.2) is 0 Å². The van der Waals surface area contributed by atoms with Gasteiger partial charge in [0.05, 0.1) is 0 Å². The summed E-state index contributed by atoms with van der Waals surface area (Å²) in [6.45, 7) is 5.97. The number of hydrogen-bond acceptors (Lipinski definition) is 2.